The minimum atomic E-state index is -1.35. The van der Waals surface area contributed by atoms with Crippen LogP contribution in [-0.4, -0.2) is 33.7 Å². The van der Waals surface area contributed by atoms with Gasteiger partial charge in [-0.25, -0.2) is 9.18 Å². The monoisotopic (exact) mass is 390 g/mol. The van der Waals surface area contributed by atoms with Gasteiger partial charge in [-0.15, -0.1) is 0 Å². The van der Waals surface area contributed by atoms with Gasteiger partial charge in [0.2, 0.25) is 0 Å². The van der Waals surface area contributed by atoms with E-state index in [1.807, 2.05) is 0 Å². The van der Waals surface area contributed by atoms with Crippen LogP contribution in [-0.2, 0) is 6.42 Å². The molecule has 3 N–H and O–H groups in total. The number of anilines is 1. The molecule has 27 heavy (non-hydrogen) atoms. The van der Waals surface area contributed by atoms with Gasteiger partial charge in [0.05, 0.1) is 22.8 Å². The van der Waals surface area contributed by atoms with Crippen molar-refractivity contribution in [2.75, 3.05) is 18.5 Å². The van der Waals surface area contributed by atoms with Crippen molar-refractivity contribution in [2.45, 2.75) is 6.42 Å². The van der Waals surface area contributed by atoms with Crippen molar-refractivity contribution in [1.82, 2.24) is 4.40 Å². The summed E-state index contributed by atoms with van der Waals surface area (Å²) in [5.74, 6) is -1.89. The number of hydrogen-bond acceptors (Lipinski definition) is 4. The van der Waals surface area contributed by atoms with Gasteiger partial charge in [0, 0.05) is 19.2 Å². The van der Waals surface area contributed by atoms with Gasteiger partial charge >= 0.3 is 5.97 Å². The Hall–Kier alpha value is -2.90. The number of nitrogens with one attached hydrogen (secondary N) is 1. The van der Waals surface area contributed by atoms with E-state index in [1.54, 1.807) is 24.3 Å². The third-order valence-electron chi connectivity index (χ3n) is 4.11. The predicted molar refractivity (Wildman–Crippen MR) is 100 cm³/mol. The number of hydrogen-bond donors (Lipinski definition) is 3. The van der Waals surface area contributed by atoms with Gasteiger partial charge in [0.25, 0.3) is 5.56 Å². The molecule has 1 aromatic carbocycles. The molecule has 0 aliphatic carbocycles. The van der Waals surface area contributed by atoms with E-state index in [0.717, 1.165) is 0 Å². The Morgan fingerprint density at radius 3 is 2.74 bits per heavy atom. The van der Waals surface area contributed by atoms with Crippen molar-refractivity contribution in [1.29, 1.82) is 0 Å². The summed E-state index contributed by atoms with van der Waals surface area (Å²) in [7, 11) is 0. The van der Waals surface area contributed by atoms with Crippen molar-refractivity contribution in [3.05, 3.63) is 80.5 Å². The molecule has 0 atom stereocenters. The summed E-state index contributed by atoms with van der Waals surface area (Å²) in [6.45, 7) is 0.0439. The lowest BCUT2D eigenvalue weighted by Gasteiger charge is -2.13. The zero-order valence-electron chi connectivity index (χ0n) is 14.1. The highest BCUT2D eigenvalue weighted by Crippen LogP contribution is 2.22. The third-order valence-corrected chi connectivity index (χ3v) is 4.40. The number of nitrogens with zero attached hydrogens (tertiary/aromatic N) is 1. The average molecular weight is 391 g/mol. The fraction of sp³-hybridized carbons (Fsp3) is 0.158. The summed E-state index contributed by atoms with van der Waals surface area (Å²) >= 11 is 5.80. The zero-order chi connectivity index (χ0) is 19.6. The second kappa shape index (κ2) is 7.77. The lowest BCUT2D eigenvalue weighted by Crippen LogP contribution is -2.23. The standard InChI is InChI=1S/C19H16ClFN2O4/c20-14-3-1-2-12(17(14)21)8-11-4-5-16-15(22-6-7-24)9-13(19(26)27)18(25)23(16)10-11/h1-5,9-10,22,24H,6-8H2,(H,26,27). The molecule has 3 aromatic rings. The molecule has 0 saturated carbocycles. The first-order valence-corrected chi connectivity index (χ1v) is 8.49. The van der Waals surface area contributed by atoms with Gasteiger partial charge in [-0.1, -0.05) is 29.8 Å². The summed E-state index contributed by atoms with van der Waals surface area (Å²) in [4.78, 5) is 23.9. The van der Waals surface area contributed by atoms with Crippen LogP contribution >= 0.6 is 11.6 Å². The van der Waals surface area contributed by atoms with E-state index in [2.05, 4.69) is 5.32 Å². The molecular formula is C19H16ClFN2O4. The van der Waals surface area contributed by atoms with Crippen LogP contribution < -0.4 is 10.9 Å². The molecule has 0 unspecified atom stereocenters. The van der Waals surface area contributed by atoms with E-state index in [9.17, 15) is 19.1 Å². The van der Waals surface area contributed by atoms with Gasteiger partial charge in [0.1, 0.15) is 11.4 Å². The fourth-order valence-electron chi connectivity index (χ4n) is 2.84. The van der Waals surface area contributed by atoms with Gasteiger partial charge in [-0.2, -0.15) is 0 Å². The number of aromatic nitrogens is 1. The molecule has 2 aromatic heterocycles. The number of carbonyl (C=O) groups is 1. The summed E-state index contributed by atoms with van der Waals surface area (Å²) < 4.78 is 15.4. The summed E-state index contributed by atoms with van der Waals surface area (Å²) in [5, 5.41) is 21.2. The smallest absolute Gasteiger partial charge is 0.341 e. The molecule has 0 amide bonds. The lowest BCUT2D eigenvalue weighted by atomic mass is 10.1. The average Bonchev–Trinajstić information content (AvgIpc) is 2.65. The molecule has 0 aliphatic rings. The van der Waals surface area contributed by atoms with E-state index in [1.165, 1.54) is 22.7 Å². The highest BCUT2D eigenvalue weighted by molar-refractivity contribution is 6.30. The second-order valence-corrected chi connectivity index (χ2v) is 6.32. The Morgan fingerprint density at radius 1 is 1.26 bits per heavy atom. The number of halogens is 2. The maximum atomic E-state index is 14.1. The molecule has 0 bridgehead atoms. The van der Waals surface area contributed by atoms with Crippen LogP contribution in [0.4, 0.5) is 10.1 Å². The first kappa shape index (κ1) is 18.9. The number of rotatable bonds is 6. The fourth-order valence-corrected chi connectivity index (χ4v) is 3.03. The van der Waals surface area contributed by atoms with Crippen molar-refractivity contribution >= 4 is 28.8 Å². The molecule has 8 heteroatoms. The molecule has 0 fully saturated rings. The Bertz CT molecular complexity index is 1080. The number of benzene rings is 1. The Balaban J connectivity index is 2.13. The topological polar surface area (TPSA) is 91.0 Å². The van der Waals surface area contributed by atoms with E-state index in [-0.39, 0.29) is 24.6 Å². The normalized spacial score (nSPS) is 10.9. The quantitative estimate of drug-likeness (QED) is 0.602. The summed E-state index contributed by atoms with van der Waals surface area (Å²) in [6.07, 6.45) is 1.67. The Labute approximate surface area is 158 Å². The Morgan fingerprint density at radius 2 is 2.04 bits per heavy atom. The van der Waals surface area contributed by atoms with Crippen LogP contribution in [0.1, 0.15) is 21.5 Å². The van der Waals surface area contributed by atoms with Crippen molar-refractivity contribution < 1.29 is 19.4 Å². The van der Waals surface area contributed by atoms with Gasteiger partial charge in [-0.3, -0.25) is 9.20 Å². The molecule has 0 spiro atoms. The number of aliphatic hydroxyl groups is 1. The molecular weight excluding hydrogens is 375 g/mol. The molecule has 6 nitrogen and oxygen atoms in total. The summed E-state index contributed by atoms with van der Waals surface area (Å²) in [6, 6.07) is 9.28. The minimum absolute atomic E-state index is 0.00843. The van der Waals surface area contributed by atoms with Crippen LogP contribution in [0.25, 0.3) is 5.52 Å². The third kappa shape index (κ3) is 3.79. The van der Waals surface area contributed by atoms with Crippen LogP contribution in [0.2, 0.25) is 5.02 Å². The minimum Gasteiger partial charge on any atom is -0.477 e. The first-order valence-electron chi connectivity index (χ1n) is 8.11. The predicted octanol–water partition coefficient (Wildman–Crippen LogP) is 2.79. The van der Waals surface area contributed by atoms with Crippen LogP contribution in [0.5, 0.6) is 0 Å². The van der Waals surface area contributed by atoms with Gasteiger partial charge < -0.3 is 15.5 Å². The van der Waals surface area contributed by atoms with Crippen molar-refractivity contribution in [3.63, 3.8) is 0 Å². The number of carboxylic acid groups (broad SMARTS) is 1. The largest absolute Gasteiger partial charge is 0.477 e. The maximum Gasteiger partial charge on any atom is 0.341 e. The maximum absolute atomic E-state index is 14.1. The Kier molecular flexibility index (Phi) is 5.43. The van der Waals surface area contributed by atoms with E-state index >= 15 is 0 Å². The highest BCUT2D eigenvalue weighted by atomic mass is 35.5. The number of fused-ring (bicyclic) bond motifs is 1. The molecule has 2 heterocycles. The van der Waals surface area contributed by atoms with E-state index in [4.69, 9.17) is 16.7 Å². The number of aliphatic hydroxyl groups excluding tert-OH is 1. The van der Waals surface area contributed by atoms with E-state index < -0.39 is 22.9 Å². The number of pyridine rings is 2. The SMILES string of the molecule is O=C(O)c1cc(NCCO)c2ccc(Cc3cccc(Cl)c3F)cn2c1=O. The molecule has 0 saturated heterocycles. The van der Waals surface area contributed by atoms with Gasteiger partial charge in [-0.05, 0) is 29.3 Å². The van der Waals surface area contributed by atoms with Crippen LogP contribution in [0, 0.1) is 5.82 Å². The summed E-state index contributed by atoms with van der Waals surface area (Å²) in [5.41, 5.74) is 0.735. The zero-order valence-corrected chi connectivity index (χ0v) is 14.8. The van der Waals surface area contributed by atoms with Crippen LogP contribution in [0.3, 0.4) is 0 Å². The molecule has 3 rings (SSSR count). The van der Waals surface area contributed by atoms with Crippen molar-refractivity contribution in [3.8, 4) is 0 Å². The van der Waals surface area contributed by atoms with Crippen LogP contribution in [0.15, 0.2) is 47.4 Å². The molecule has 0 radical (unpaired) electrons. The van der Waals surface area contributed by atoms with E-state index in [0.29, 0.717) is 22.3 Å². The van der Waals surface area contributed by atoms with Gasteiger partial charge in [0.15, 0.2) is 0 Å². The molecule has 0 aliphatic heterocycles. The number of aromatic carboxylic acids is 1. The molecule has 140 valence electrons. The first-order chi connectivity index (χ1) is 12.9. The lowest BCUT2D eigenvalue weighted by molar-refractivity contribution is 0.0695. The van der Waals surface area contributed by atoms with Crippen molar-refractivity contribution in [2.24, 2.45) is 0 Å². The second-order valence-electron chi connectivity index (χ2n) is 5.91. The number of carboxylic acids is 1. The highest BCUT2D eigenvalue weighted by Gasteiger charge is 2.15.